The summed E-state index contributed by atoms with van der Waals surface area (Å²) in [4.78, 5) is 40.4. The number of nitro groups is 1. The number of hydrogen-bond donors (Lipinski definition) is 1. The maximum absolute atomic E-state index is 12.9. The number of carbonyl (C=O) groups is 2. The van der Waals surface area contributed by atoms with Gasteiger partial charge in [0.15, 0.2) is 0 Å². The van der Waals surface area contributed by atoms with E-state index in [9.17, 15) is 19.7 Å². The van der Waals surface area contributed by atoms with Crippen molar-refractivity contribution in [3.63, 3.8) is 0 Å². The number of amides is 2. The number of carbonyl (C=O) groups excluding carboxylic acids is 2. The van der Waals surface area contributed by atoms with Gasteiger partial charge in [-0.3, -0.25) is 19.7 Å². The minimum absolute atomic E-state index is 0.0155. The van der Waals surface area contributed by atoms with Crippen molar-refractivity contribution >= 4 is 40.5 Å². The van der Waals surface area contributed by atoms with Gasteiger partial charge in [0.2, 0.25) is 0 Å². The molecular formula is C26H25ClN4O4. The minimum atomic E-state index is -0.506. The molecule has 180 valence electrons. The summed E-state index contributed by atoms with van der Waals surface area (Å²) in [5, 5.41) is 14.6. The van der Waals surface area contributed by atoms with Crippen LogP contribution < -0.4 is 10.2 Å². The molecule has 0 spiro atoms. The first kappa shape index (κ1) is 24.2. The predicted molar refractivity (Wildman–Crippen MR) is 137 cm³/mol. The minimum Gasteiger partial charge on any atom is -0.365 e. The summed E-state index contributed by atoms with van der Waals surface area (Å²) in [5.41, 5.74) is 3.46. The van der Waals surface area contributed by atoms with Gasteiger partial charge in [0.25, 0.3) is 17.5 Å². The van der Waals surface area contributed by atoms with E-state index in [4.69, 9.17) is 11.6 Å². The van der Waals surface area contributed by atoms with E-state index < -0.39 is 10.8 Å². The molecule has 1 aliphatic heterocycles. The SMILES string of the molecule is Cc1ccc(C(=O)N2CCN(c3c(Cl)cccc3NC(=O)c3ccc(C)c([N+](=O)[O-])c3)CC2)cc1. The van der Waals surface area contributed by atoms with Gasteiger partial charge in [-0.15, -0.1) is 0 Å². The smallest absolute Gasteiger partial charge is 0.273 e. The molecule has 4 rings (SSSR count). The van der Waals surface area contributed by atoms with Crippen LogP contribution in [0.25, 0.3) is 0 Å². The van der Waals surface area contributed by atoms with Crippen molar-refractivity contribution in [1.29, 1.82) is 0 Å². The molecule has 0 aliphatic carbocycles. The van der Waals surface area contributed by atoms with E-state index in [2.05, 4.69) is 5.32 Å². The third kappa shape index (κ3) is 5.27. The Balaban J connectivity index is 1.50. The van der Waals surface area contributed by atoms with E-state index >= 15 is 0 Å². The number of nitrogens with one attached hydrogen (secondary N) is 1. The number of anilines is 2. The molecule has 1 aliphatic rings. The fraction of sp³-hybridized carbons (Fsp3) is 0.231. The second kappa shape index (κ2) is 10.1. The summed E-state index contributed by atoms with van der Waals surface area (Å²) < 4.78 is 0. The highest BCUT2D eigenvalue weighted by Crippen LogP contribution is 2.35. The molecule has 1 N–H and O–H groups in total. The summed E-state index contributed by atoms with van der Waals surface area (Å²) in [6.45, 7) is 5.70. The van der Waals surface area contributed by atoms with Crippen molar-refractivity contribution in [3.05, 3.63) is 98.1 Å². The van der Waals surface area contributed by atoms with Crippen LogP contribution in [-0.2, 0) is 0 Å². The zero-order chi connectivity index (χ0) is 25.1. The quantitative estimate of drug-likeness (QED) is 0.396. The Morgan fingerprint density at radius 2 is 1.60 bits per heavy atom. The molecule has 35 heavy (non-hydrogen) atoms. The standard InChI is InChI=1S/C26H25ClN4O4/c1-17-6-9-19(10-7-17)26(33)30-14-12-29(13-15-30)24-21(27)4-3-5-22(24)28-25(32)20-11-8-18(2)23(16-20)31(34)35/h3-11,16H,12-15H2,1-2H3,(H,28,32). The molecule has 3 aromatic carbocycles. The highest BCUT2D eigenvalue weighted by molar-refractivity contribution is 6.34. The highest BCUT2D eigenvalue weighted by Gasteiger charge is 2.25. The molecule has 1 saturated heterocycles. The third-order valence-electron chi connectivity index (χ3n) is 6.08. The molecule has 0 saturated carbocycles. The van der Waals surface area contributed by atoms with Gasteiger partial charge in [0, 0.05) is 48.9 Å². The first-order valence-electron chi connectivity index (χ1n) is 11.2. The van der Waals surface area contributed by atoms with E-state index in [1.807, 2.05) is 41.0 Å². The predicted octanol–water partition coefficient (Wildman–Crippen LogP) is 5.08. The first-order valence-corrected chi connectivity index (χ1v) is 11.6. The van der Waals surface area contributed by atoms with Gasteiger partial charge in [-0.1, -0.05) is 41.4 Å². The number of piperazine rings is 1. The number of hydrogen-bond acceptors (Lipinski definition) is 5. The summed E-state index contributed by atoms with van der Waals surface area (Å²) in [5.74, 6) is -0.483. The van der Waals surface area contributed by atoms with E-state index in [1.165, 1.54) is 6.07 Å². The lowest BCUT2D eigenvalue weighted by atomic mass is 10.1. The normalized spacial score (nSPS) is 13.5. The number of para-hydroxylation sites is 1. The van der Waals surface area contributed by atoms with E-state index in [1.54, 1.807) is 37.3 Å². The van der Waals surface area contributed by atoms with Crippen LogP contribution in [0.3, 0.4) is 0 Å². The van der Waals surface area contributed by atoms with Crippen LogP contribution in [0.1, 0.15) is 31.8 Å². The van der Waals surface area contributed by atoms with Crippen molar-refractivity contribution in [2.75, 3.05) is 36.4 Å². The fourth-order valence-corrected chi connectivity index (χ4v) is 4.39. The molecule has 9 heteroatoms. The molecule has 0 bridgehead atoms. The largest absolute Gasteiger partial charge is 0.365 e. The van der Waals surface area contributed by atoms with Crippen LogP contribution in [0.5, 0.6) is 0 Å². The molecule has 0 radical (unpaired) electrons. The van der Waals surface area contributed by atoms with Gasteiger partial charge in [-0.25, -0.2) is 0 Å². The van der Waals surface area contributed by atoms with Crippen molar-refractivity contribution in [2.45, 2.75) is 13.8 Å². The number of nitro benzene ring substituents is 1. The van der Waals surface area contributed by atoms with Crippen LogP contribution in [0.2, 0.25) is 5.02 Å². The lowest BCUT2D eigenvalue weighted by Crippen LogP contribution is -2.49. The number of halogens is 1. The summed E-state index contributed by atoms with van der Waals surface area (Å²) in [6, 6.07) is 17.1. The number of nitrogens with zero attached hydrogens (tertiary/aromatic N) is 3. The monoisotopic (exact) mass is 492 g/mol. The molecule has 1 fully saturated rings. The Morgan fingerprint density at radius 1 is 0.943 bits per heavy atom. The number of aryl methyl sites for hydroxylation is 2. The van der Waals surface area contributed by atoms with Crippen molar-refractivity contribution in [3.8, 4) is 0 Å². The zero-order valence-corrected chi connectivity index (χ0v) is 20.2. The average molecular weight is 493 g/mol. The first-order chi connectivity index (χ1) is 16.7. The summed E-state index contributed by atoms with van der Waals surface area (Å²) >= 11 is 6.53. The average Bonchev–Trinajstić information content (AvgIpc) is 2.84. The topological polar surface area (TPSA) is 95.8 Å². The molecule has 1 heterocycles. The van der Waals surface area contributed by atoms with E-state index in [0.29, 0.717) is 53.7 Å². The Kier molecular flexibility index (Phi) is 7.02. The second-order valence-electron chi connectivity index (χ2n) is 8.49. The van der Waals surface area contributed by atoms with E-state index in [0.717, 1.165) is 5.56 Å². The molecule has 2 amide bonds. The Labute approximate surface area is 208 Å². The third-order valence-corrected chi connectivity index (χ3v) is 6.39. The molecule has 0 atom stereocenters. The maximum atomic E-state index is 12.9. The van der Waals surface area contributed by atoms with Gasteiger partial charge in [0.1, 0.15) is 0 Å². The van der Waals surface area contributed by atoms with Gasteiger partial charge in [-0.2, -0.15) is 0 Å². The van der Waals surface area contributed by atoms with Crippen LogP contribution in [0.15, 0.2) is 60.7 Å². The van der Waals surface area contributed by atoms with Crippen molar-refractivity contribution in [2.24, 2.45) is 0 Å². The molecule has 0 aromatic heterocycles. The van der Waals surface area contributed by atoms with E-state index in [-0.39, 0.29) is 17.2 Å². The Hall–Kier alpha value is -3.91. The molecule has 0 unspecified atom stereocenters. The number of benzene rings is 3. The summed E-state index contributed by atoms with van der Waals surface area (Å²) in [6.07, 6.45) is 0. The van der Waals surface area contributed by atoms with Crippen LogP contribution in [0.4, 0.5) is 17.1 Å². The lowest BCUT2D eigenvalue weighted by molar-refractivity contribution is -0.385. The molecule has 8 nitrogen and oxygen atoms in total. The van der Waals surface area contributed by atoms with Crippen molar-refractivity contribution in [1.82, 2.24) is 4.90 Å². The Morgan fingerprint density at radius 3 is 2.26 bits per heavy atom. The van der Waals surface area contributed by atoms with Crippen molar-refractivity contribution < 1.29 is 14.5 Å². The van der Waals surface area contributed by atoms with Crippen LogP contribution >= 0.6 is 11.6 Å². The zero-order valence-electron chi connectivity index (χ0n) is 19.5. The Bertz CT molecular complexity index is 1290. The lowest BCUT2D eigenvalue weighted by Gasteiger charge is -2.37. The van der Waals surface area contributed by atoms with Gasteiger partial charge in [-0.05, 0) is 44.2 Å². The van der Waals surface area contributed by atoms with Gasteiger partial charge < -0.3 is 15.1 Å². The molecular weight excluding hydrogens is 468 g/mol. The highest BCUT2D eigenvalue weighted by atomic mass is 35.5. The second-order valence-corrected chi connectivity index (χ2v) is 8.90. The maximum Gasteiger partial charge on any atom is 0.273 e. The molecule has 3 aromatic rings. The summed E-state index contributed by atoms with van der Waals surface area (Å²) in [7, 11) is 0. The van der Waals surface area contributed by atoms with Crippen LogP contribution in [-0.4, -0.2) is 47.8 Å². The van der Waals surface area contributed by atoms with Gasteiger partial charge in [0.05, 0.1) is 21.3 Å². The fourth-order valence-electron chi connectivity index (χ4n) is 4.09. The number of rotatable bonds is 5. The van der Waals surface area contributed by atoms with Gasteiger partial charge >= 0.3 is 0 Å². The van der Waals surface area contributed by atoms with Crippen LogP contribution in [0, 0.1) is 24.0 Å².